The van der Waals surface area contributed by atoms with E-state index in [0.717, 1.165) is 5.56 Å². The summed E-state index contributed by atoms with van der Waals surface area (Å²) in [5.74, 6) is -1.38. The maximum Gasteiger partial charge on any atom is 0.307 e. The largest absolute Gasteiger partial charge is 0.481 e. The summed E-state index contributed by atoms with van der Waals surface area (Å²) in [4.78, 5) is 21.4. The van der Waals surface area contributed by atoms with Crippen LogP contribution < -0.4 is 5.73 Å². The van der Waals surface area contributed by atoms with Crippen LogP contribution in [-0.4, -0.2) is 17.0 Å². The van der Waals surface area contributed by atoms with Crippen LogP contribution in [0.15, 0.2) is 24.3 Å². The third-order valence-corrected chi connectivity index (χ3v) is 2.73. The molecule has 15 heavy (non-hydrogen) atoms. The van der Waals surface area contributed by atoms with E-state index < -0.39 is 11.9 Å². The van der Waals surface area contributed by atoms with Crippen molar-refractivity contribution in [1.82, 2.24) is 0 Å². The van der Waals surface area contributed by atoms with E-state index in [9.17, 15) is 9.59 Å². The number of hydrogen-bond acceptors (Lipinski definition) is 2. The summed E-state index contributed by atoms with van der Waals surface area (Å²) in [7, 11) is 0. The first-order chi connectivity index (χ1) is 7.09. The lowest BCUT2D eigenvalue weighted by atomic mass is 10.1. The number of carboxylic acid groups (broad SMARTS) is 1. The molecule has 1 fully saturated rings. The van der Waals surface area contributed by atoms with Crippen LogP contribution >= 0.6 is 0 Å². The predicted molar refractivity (Wildman–Crippen MR) is 53.4 cm³/mol. The van der Waals surface area contributed by atoms with Crippen molar-refractivity contribution >= 4 is 11.9 Å². The van der Waals surface area contributed by atoms with Crippen molar-refractivity contribution < 1.29 is 14.7 Å². The van der Waals surface area contributed by atoms with Crippen LogP contribution in [0.2, 0.25) is 0 Å². The third kappa shape index (κ3) is 1.83. The Balaban J connectivity index is 2.12. The van der Waals surface area contributed by atoms with Crippen molar-refractivity contribution in [2.45, 2.75) is 12.3 Å². The molecule has 0 bridgehead atoms. The summed E-state index contributed by atoms with van der Waals surface area (Å²) >= 11 is 0. The summed E-state index contributed by atoms with van der Waals surface area (Å²) in [6.45, 7) is 0. The molecule has 4 heteroatoms. The molecule has 2 atom stereocenters. The van der Waals surface area contributed by atoms with Gasteiger partial charge in [0.25, 0.3) is 0 Å². The van der Waals surface area contributed by atoms with Gasteiger partial charge in [-0.05, 0) is 30.0 Å². The van der Waals surface area contributed by atoms with E-state index in [0.29, 0.717) is 12.0 Å². The second-order valence-corrected chi connectivity index (χ2v) is 3.77. The molecule has 78 valence electrons. The minimum atomic E-state index is -0.751. The maximum atomic E-state index is 10.8. The zero-order chi connectivity index (χ0) is 11.0. The molecular weight excluding hydrogens is 194 g/mol. The maximum absolute atomic E-state index is 10.8. The molecule has 1 aromatic carbocycles. The summed E-state index contributed by atoms with van der Waals surface area (Å²) in [5, 5.41) is 8.75. The molecular formula is C11H11NO3. The van der Waals surface area contributed by atoms with Crippen LogP contribution in [0.4, 0.5) is 0 Å². The molecule has 1 saturated carbocycles. The molecule has 0 aromatic heterocycles. The molecule has 1 aliphatic carbocycles. The Labute approximate surface area is 86.7 Å². The lowest BCUT2D eigenvalue weighted by Crippen LogP contribution is -2.10. The number of benzene rings is 1. The average Bonchev–Trinajstić information content (AvgIpc) is 2.97. The Bertz CT molecular complexity index is 410. The van der Waals surface area contributed by atoms with E-state index in [-0.39, 0.29) is 11.8 Å². The van der Waals surface area contributed by atoms with Crippen LogP contribution in [0.25, 0.3) is 0 Å². The molecule has 0 spiro atoms. The number of nitrogens with two attached hydrogens (primary N) is 1. The Morgan fingerprint density at radius 1 is 1.27 bits per heavy atom. The topological polar surface area (TPSA) is 80.4 Å². The van der Waals surface area contributed by atoms with Gasteiger partial charge in [-0.3, -0.25) is 9.59 Å². The van der Waals surface area contributed by atoms with E-state index >= 15 is 0 Å². The van der Waals surface area contributed by atoms with Crippen molar-refractivity contribution in [2.24, 2.45) is 11.7 Å². The Morgan fingerprint density at radius 3 is 2.27 bits per heavy atom. The molecule has 2 unspecified atom stereocenters. The summed E-state index contributed by atoms with van der Waals surface area (Å²) in [6.07, 6.45) is 0.686. The molecule has 1 aromatic rings. The fourth-order valence-electron chi connectivity index (χ4n) is 1.73. The minimum absolute atomic E-state index is 0.101. The van der Waals surface area contributed by atoms with Gasteiger partial charge in [-0.25, -0.2) is 0 Å². The molecule has 2 rings (SSSR count). The standard InChI is InChI=1S/C11H11NO3/c12-10(13)7-3-1-6(2-4-7)8-5-9(8)11(14)15/h1-4,8-9H,5H2,(H2,12,13)(H,14,15). The van der Waals surface area contributed by atoms with E-state index in [1.54, 1.807) is 24.3 Å². The Morgan fingerprint density at radius 2 is 1.87 bits per heavy atom. The number of rotatable bonds is 3. The fourth-order valence-corrected chi connectivity index (χ4v) is 1.73. The zero-order valence-electron chi connectivity index (χ0n) is 8.01. The highest BCUT2D eigenvalue weighted by molar-refractivity contribution is 5.92. The molecule has 1 aliphatic rings. The van der Waals surface area contributed by atoms with E-state index in [1.807, 2.05) is 0 Å². The molecule has 0 aliphatic heterocycles. The van der Waals surface area contributed by atoms with E-state index in [4.69, 9.17) is 10.8 Å². The first kappa shape index (κ1) is 9.71. The Kier molecular flexibility index (Phi) is 2.19. The molecule has 0 heterocycles. The predicted octanol–water partition coefficient (Wildman–Crippen LogP) is 0.974. The van der Waals surface area contributed by atoms with Crippen LogP contribution in [0.3, 0.4) is 0 Å². The third-order valence-electron chi connectivity index (χ3n) is 2.73. The zero-order valence-corrected chi connectivity index (χ0v) is 8.01. The van der Waals surface area contributed by atoms with E-state index in [2.05, 4.69) is 0 Å². The van der Waals surface area contributed by atoms with Gasteiger partial charge in [0.2, 0.25) is 5.91 Å². The van der Waals surface area contributed by atoms with Gasteiger partial charge in [0.15, 0.2) is 0 Å². The van der Waals surface area contributed by atoms with Crippen molar-refractivity contribution in [2.75, 3.05) is 0 Å². The average molecular weight is 205 g/mol. The molecule has 0 saturated heterocycles. The summed E-state index contributed by atoms with van der Waals surface area (Å²) in [5.41, 5.74) is 6.51. The number of carbonyl (C=O) groups is 2. The van der Waals surface area contributed by atoms with Crippen molar-refractivity contribution in [1.29, 1.82) is 0 Å². The van der Waals surface area contributed by atoms with Gasteiger partial charge in [0.1, 0.15) is 0 Å². The molecule has 0 radical (unpaired) electrons. The quantitative estimate of drug-likeness (QED) is 0.771. The highest BCUT2D eigenvalue weighted by Gasteiger charge is 2.43. The van der Waals surface area contributed by atoms with E-state index in [1.165, 1.54) is 0 Å². The van der Waals surface area contributed by atoms with Crippen LogP contribution in [0, 0.1) is 5.92 Å². The smallest absolute Gasteiger partial charge is 0.307 e. The second kappa shape index (κ2) is 3.38. The normalized spacial score (nSPS) is 23.5. The number of aliphatic carboxylic acids is 1. The Hall–Kier alpha value is -1.84. The van der Waals surface area contributed by atoms with Crippen LogP contribution in [-0.2, 0) is 4.79 Å². The lowest BCUT2D eigenvalue weighted by molar-refractivity contribution is -0.138. The van der Waals surface area contributed by atoms with Gasteiger partial charge in [0, 0.05) is 5.56 Å². The molecule has 1 amide bonds. The second-order valence-electron chi connectivity index (χ2n) is 3.77. The number of carboxylic acids is 1. The van der Waals surface area contributed by atoms with Crippen LogP contribution in [0.5, 0.6) is 0 Å². The number of hydrogen-bond donors (Lipinski definition) is 2. The van der Waals surface area contributed by atoms with Crippen LogP contribution in [0.1, 0.15) is 28.3 Å². The van der Waals surface area contributed by atoms with Gasteiger partial charge in [-0.2, -0.15) is 0 Å². The number of carbonyl (C=O) groups excluding carboxylic acids is 1. The van der Waals surface area contributed by atoms with Crippen molar-refractivity contribution in [3.63, 3.8) is 0 Å². The molecule has 3 N–H and O–H groups in total. The minimum Gasteiger partial charge on any atom is -0.481 e. The van der Waals surface area contributed by atoms with Gasteiger partial charge in [-0.15, -0.1) is 0 Å². The SMILES string of the molecule is NC(=O)c1ccc(C2CC2C(=O)O)cc1. The van der Waals surface area contributed by atoms with Gasteiger partial charge < -0.3 is 10.8 Å². The highest BCUT2D eigenvalue weighted by Crippen LogP contribution is 2.47. The summed E-state index contributed by atoms with van der Waals surface area (Å²) < 4.78 is 0. The lowest BCUT2D eigenvalue weighted by Gasteiger charge is -1.99. The van der Waals surface area contributed by atoms with Gasteiger partial charge in [-0.1, -0.05) is 12.1 Å². The van der Waals surface area contributed by atoms with Crippen molar-refractivity contribution in [3.05, 3.63) is 35.4 Å². The highest BCUT2D eigenvalue weighted by atomic mass is 16.4. The van der Waals surface area contributed by atoms with Gasteiger partial charge >= 0.3 is 5.97 Å². The first-order valence-corrected chi connectivity index (χ1v) is 4.72. The summed E-state index contributed by atoms with van der Waals surface area (Å²) in [6, 6.07) is 6.81. The fraction of sp³-hybridized carbons (Fsp3) is 0.273. The number of amides is 1. The monoisotopic (exact) mass is 205 g/mol. The first-order valence-electron chi connectivity index (χ1n) is 4.72. The van der Waals surface area contributed by atoms with Gasteiger partial charge in [0.05, 0.1) is 5.92 Å². The number of primary amides is 1. The van der Waals surface area contributed by atoms with Crippen molar-refractivity contribution in [3.8, 4) is 0 Å². The molecule has 4 nitrogen and oxygen atoms in total.